The molecule has 1 aliphatic carbocycles. The van der Waals surface area contributed by atoms with E-state index in [1.54, 1.807) is 0 Å². The fourth-order valence-corrected chi connectivity index (χ4v) is 2.29. The van der Waals surface area contributed by atoms with Crippen LogP contribution >= 0.6 is 7.81 Å². The van der Waals surface area contributed by atoms with Crippen LogP contribution in [0.25, 0.3) is 41.8 Å². The number of ether oxygens (including phenoxy) is 2. The zero-order valence-corrected chi connectivity index (χ0v) is 59.3. The maximum absolute atomic E-state index is 10.7. The normalized spacial score (nSPS) is 9.65. The van der Waals surface area contributed by atoms with Crippen molar-refractivity contribution in [3.8, 4) is 0 Å². The number of nitrogens with zero attached hydrogens (tertiary/aromatic N) is 12. The Morgan fingerprint density at radius 3 is 0.616 bits per heavy atom. The van der Waals surface area contributed by atoms with E-state index < -0.39 is 7.81 Å². The van der Waals surface area contributed by atoms with Gasteiger partial charge >= 0.3 is 67.1 Å². The van der Waals surface area contributed by atoms with Gasteiger partial charge in [-0.15, -0.1) is 0 Å². The van der Waals surface area contributed by atoms with Gasteiger partial charge in [-0.3, -0.25) is 0 Å². The first-order valence-electron chi connectivity index (χ1n) is 22.7. The third-order valence-electron chi connectivity index (χ3n) is 5.48. The molecule has 4 rings (SSSR count). The molecule has 1 fully saturated rings. The van der Waals surface area contributed by atoms with Crippen LogP contribution in [0.5, 0.6) is 0 Å². The maximum Gasteiger partial charge on any atom is 3.00 e. The van der Waals surface area contributed by atoms with Gasteiger partial charge in [0.05, 0.1) is 0 Å². The van der Waals surface area contributed by atoms with Crippen molar-refractivity contribution >= 4 is 7.81 Å². The largest absolute Gasteiger partial charge is 3.00 e. The van der Waals surface area contributed by atoms with Crippen LogP contribution in [0.15, 0.2) is 72.8 Å². The first-order chi connectivity index (χ1) is 37.1. The van der Waals surface area contributed by atoms with E-state index in [2.05, 4.69) is 96.3 Å². The van der Waals surface area contributed by atoms with Crippen LogP contribution in [0.4, 0.5) is 25.2 Å². The van der Waals surface area contributed by atoms with Gasteiger partial charge in [0.25, 0.3) is 0 Å². The molecule has 0 bridgehead atoms. The topological polar surface area (TPSA) is 289 Å². The summed E-state index contributed by atoms with van der Waals surface area (Å²) in [6.07, 6.45) is 8.24. The van der Waals surface area contributed by atoms with Crippen molar-refractivity contribution < 1.29 is 120 Å². The van der Waals surface area contributed by atoms with Gasteiger partial charge in [-0.25, -0.2) is 62.7 Å². The second kappa shape index (κ2) is 96.2. The first kappa shape index (κ1) is 139. The third-order valence-corrected chi connectivity index (χ3v) is 5.48. The summed E-state index contributed by atoms with van der Waals surface area (Å²) in [5.41, 5.74) is 26.4. The smallest absolute Gasteiger partial charge is 0.577 e. The van der Waals surface area contributed by atoms with E-state index in [4.69, 9.17) is 125 Å². The molecule has 3 aromatic carbocycles. The standard InChI is InChI=1S/4C6H7.4C5H9N.2C4H10O.4CN.F6P.5Mn.4NO/c4*1-6-4-2-3-5-6;4*1-5(2,3)6-4;2*1-3-5-4-2;4*1-2;1-7(2,3,4,5)6;;;;;;4*1-2/h4*2-5H,1H3;4*1-3H3;2*3-4H2,1-2H3;;;;;;;;;;;;;;/q4*-1;;;;;;;5*-1;;;;2*+3;4*-1. The molecule has 1 aliphatic rings. The van der Waals surface area contributed by atoms with Crippen LogP contribution in [-0.2, 0) is 94.8 Å². The Kier molecular flexibility index (Phi) is 156. The Bertz CT molecular complexity index is 1690. The van der Waals surface area contributed by atoms with Crippen LogP contribution < -0.4 is 0 Å². The van der Waals surface area contributed by atoms with Crippen molar-refractivity contribution in [2.24, 2.45) is 0 Å². The SMILES string of the molecule is CCOCC.CCOCC.C[C]1[CH][CH][CH-][CH]1.Cc1ccc[cH-]1.Cc1ccc[cH-]1.Cc1ccc[cH-]1.F[P-](F)(F)(F)(F)F.[C-]#N.[C-]#N.[C-]#N.[C-]#N.[C-]#[N+]C(C)(C)C.[C-]#[N+]C(C)(C)C.[C-]#[N+]C(C)(C)C.[C-]#[N+]C(C)(C)C.[Mn+3].[Mn+3].[Mn].[Mn].[Mn].[N-]=O.[N-]=O.[N-]=O.[N-]=O. The van der Waals surface area contributed by atoms with Crippen molar-refractivity contribution in [1.82, 2.24) is 0 Å². The molecule has 0 atom stereocenters. The summed E-state index contributed by atoms with van der Waals surface area (Å²) >= 11 is 0. The van der Waals surface area contributed by atoms with Crippen LogP contribution in [0, 0.1) is 146 Å². The molecule has 1 saturated carbocycles. The van der Waals surface area contributed by atoms with Gasteiger partial charge < -0.3 is 125 Å². The molecule has 0 heterocycles. The van der Waals surface area contributed by atoms with Crippen LogP contribution in [0.2, 0.25) is 0 Å². The zero-order chi connectivity index (χ0) is 69.1. The number of hydrogen-bond donors (Lipinski definition) is 0. The van der Waals surface area contributed by atoms with E-state index in [1.807, 2.05) is 160 Å². The molecule has 18 nitrogen and oxygen atoms in total. The fraction of sp³-hybridized carbons (Fsp3) is 0.500. The Balaban J connectivity index is -0.0000000301. The van der Waals surface area contributed by atoms with E-state index in [-0.39, 0.29) is 107 Å². The van der Waals surface area contributed by atoms with E-state index >= 15 is 0 Å². The third kappa shape index (κ3) is 316. The van der Waals surface area contributed by atoms with Gasteiger partial charge in [0.1, 0.15) is 0 Å². The first-order valence-corrected chi connectivity index (χ1v) is 24.7. The molecule has 86 heavy (non-hydrogen) atoms. The van der Waals surface area contributed by atoms with E-state index in [0.29, 0.717) is 0 Å². The van der Waals surface area contributed by atoms with Gasteiger partial charge in [0, 0.05) is 161 Å². The maximum atomic E-state index is 9.87. The minimum absolute atomic E-state index is 0. The zero-order valence-electron chi connectivity index (χ0n) is 52.5. The molecule has 0 N–H and O–H groups in total. The Hall–Kier alpha value is -5.10. The van der Waals surface area contributed by atoms with E-state index in [0.717, 1.165) is 26.4 Å². The number of nitroso groups, excluding NO2 is 4. The van der Waals surface area contributed by atoms with Gasteiger partial charge in [0.2, 0.25) is 22.2 Å². The molecule has 0 saturated heterocycles. The Morgan fingerprint density at radius 1 is 0.442 bits per heavy atom. The molecule has 0 aliphatic heterocycles. The quantitative estimate of drug-likeness (QED) is 0.103. The van der Waals surface area contributed by atoms with Crippen LogP contribution in [0.1, 0.15) is 134 Å². The molecule has 0 spiro atoms. The summed E-state index contributed by atoms with van der Waals surface area (Å²) in [5.74, 6) is 1.34. The molecule has 7 radical (unpaired) electrons. The average Bonchev–Trinajstić information content (AvgIpc) is 4.30. The van der Waals surface area contributed by atoms with Crippen LogP contribution in [-0.4, -0.2) is 48.6 Å². The van der Waals surface area contributed by atoms with E-state index in [1.165, 1.54) is 22.6 Å². The van der Waals surface area contributed by atoms with Gasteiger partial charge in [-0.05, 0) is 27.7 Å². The molecule has 0 unspecified atom stereocenters. The average molecular weight is 1440 g/mol. The molecule has 493 valence electrons. The summed E-state index contributed by atoms with van der Waals surface area (Å²) in [5, 5.41) is 25.0. The molecule has 0 amide bonds. The minimum Gasteiger partial charge on any atom is -0.577 e. The Labute approximate surface area is 567 Å². The molecule has 0 aromatic heterocycles. The van der Waals surface area contributed by atoms with Crippen molar-refractivity contribution in [3.63, 3.8) is 0 Å². The second-order valence-corrected chi connectivity index (χ2v) is 19.4. The summed E-state index contributed by atoms with van der Waals surface area (Å²) in [7, 11) is -10.7. The number of aryl methyl sites for hydroxylation is 3. The van der Waals surface area contributed by atoms with Crippen molar-refractivity contribution in [1.29, 1.82) is 21.0 Å². The molecular formula is C56H84F6Mn5N12O6P-7. The van der Waals surface area contributed by atoms with E-state index in [9.17, 15) is 25.2 Å². The minimum atomic E-state index is -10.7. The molecule has 3 aromatic rings. The van der Waals surface area contributed by atoms with Gasteiger partial charge in [0.15, 0.2) is 0 Å². The van der Waals surface area contributed by atoms with Gasteiger partial charge in [-0.2, -0.15) is 65.9 Å². The van der Waals surface area contributed by atoms with Crippen molar-refractivity contribution in [2.45, 2.75) is 161 Å². The van der Waals surface area contributed by atoms with Crippen molar-refractivity contribution in [3.05, 3.63) is 235 Å². The summed E-state index contributed by atoms with van der Waals surface area (Å²) in [6, 6.07) is 24.7. The van der Waals surface area contributed by atoms with Crippen molar-refractivity contribution in [2.75, 3.05) is 26.4 Å². The number of halogens is 6. The summed E-state index contributed by atoms with van der Waals surface area (Å²) in [4.78, 5) is 42.1. The predicted molar refractivity (Wildman–Crippen MR) is 317 cm³/mol. The molecular weight excluding hydrogens is 1360 g/mol. The monoisotopic (exact) mass is 1440 g/mol. The van der Waals surface area contributed by atoms with Gasteiger partial charge in [-0.1, -0.05) is 40.0 Å². The Morgan fingerprint density at radius 2 is 0.593 bits per heavy atom. The second-order valence-electron chi connectivity index (χ2n) is 17.5. The summed E-state index contributed by atoms with van der Waals surface area (Å²) < 4.78 is 68.9. The fourth-order valence-electron chi connectivity index (χ4n) is 2.29. The summed E-state index contributed by atoms with van der Waals surface area (Å²) in [6.45, 7) is 87.2. The number of rotatable bonds is 4. The number of hydrogen-bond acceptors (Lipinski definition) is 10. The predicted octanol–water partition coefficient (Wildman–Crippen LogP) is 20.5. The van der Waals surface area contributed by atoms with Crippen LogP contribution in [0.3, 0.4) is 0 Å². The molecule has 30 heteroatoms.